The Labute approximate surface area is 132 Å². The lowest BCUT2D eigenvalue weighted by molar-refractivity contribution is -0.138. The highest BCUT2D eigenvalue weighted by atomic mass is 16.5. The van der Waals surface area contributed by atoms with E-state index in [-0.39, 0.29) is 24.5 Å². The number of esters is 1. The molecule has 0 atom stereocenters. The van der Waals surface area contributed by atoms with Crippen molar-refractivity contribution in [3.63, 3.8) is 0 Å². The van der Waals surface area contributed by atoms with Crippen molar-refractivity contribution in [2.45, 2.75) is 13.3 Å². The van der Waals surface area contributed by atoms with Gasteiger partial charge < -0.3 is 21.9 Å². The molecule has 0 saturated carbocycles. The fourth-order valence-electron chi connectivity index (χ4n) is 1.17. The molecule has 23 heavy (non-hydrogen) atoms. The molecule has 2 rings (SSSR count). The summed E-state index contributed by atoms with van der Waals surface area (Å²) in [5.41, 5.74) is 16.2. The molecule has 2 aromatic heterocycles. The molecule has 0 aliphatic heterocycles. The first-order valence-electron chi connectivity index (χ1n) is 6.34. The number of nitrogens with two attached hydrogens (primary N) is 3. The van der Waals surface area contributed by atoms with Crippen molar-refractivity contribution in [3.8, 4) is 0 Å². The molecule has 0 unspecified atom stereocenters. The number of rotatable bonds is 4. The summed E-state index contributed by atoms with van der Waals surface area (Å²) >= 11 is 0. The summed E-state index contributed by atoms with van der Waals surface area (Å²) < 4.78 is 4.87. The summed E-state index contributed by atoms with van der Waals surface area (Å²) in [6.45, 7) is 5.17. The summed E-state index contributed by atoms with van der Waals surface area (Å²) in [5.74, 6) is 0.298. The van der Waals surface area contributed by atoms with Crippen LogP contribution in [0.15, 0.2) is 24.8 Å². The Morgan fingerprint density at radius 2 is 1.65 bits per heavy atom. The molecule has 0 radical (unpaired) electrons. The molecule has 0 spiro atoms. The number of carbonyl (C=O) groups excluding carboxylic acids is 1. The van der Waals surface area contributed by atoms with Gasteiger partial charge in [-0.2, -0.15) is 15.0 Å². The molecular weight excluding hydrogens is 302 g/mol. The van der Waals surface area contributed by atoms with E-state index in [1.54, 1.807) is 6.92 Å². The van der Waals surface area contributed by atoms with E-state index in [2.05, 4.69) is 36.5 Å². The van der Waals surface area contributed by atoms with Gasteiger partial charge in [0, 0.05) is 12.0 Å². The maximum Gasteiger partial charge on any atom is 0.333 e. The first-order valence-corrected chi connectivity index (χ1v) is 6.34. The highest BCUT2D eigenvalue weighted by Gasteiger charge is 2.05. The van der Waals surface area contributed by atoms with E-state index in [1.165, 1.54) is 12.7 Å². The maximum atomic E-state index is 11.0. The fourth-order valence-corrected chi connectivity index (χ4v) is 1.17. The number of hydrogen-bond donors (Lipinski definition) is 3. The third kappa shape index (κ3) is 7.27. The normalized spacial score (nSPS) is 9.43. The maximum absolute atomic E-state index is 11.0. The summed E-state index contributed by atoms with van der Waals surface area (Å²) in [6, 6.07) is 0. The number of nitrogens with zero attached hydrogens (tertiary/aromatic N) is 6. The molecule has 6 N–H and O–H groups in total. The van der Waals surface area contributed by atoms with Crippen LogP contribution in [-0.4, -0.2) is 42.5 Å². The van der Waals surface area contributed by atoms with Crippen LogP contribution in [0.4, 0.5) is 17.8 Å². The fraction of sp³-hybridized carbons (Fsp3) is 0.250. The van der Waals surface area contributed by atoms with E-state index in [9.17, 15) is 4.79 Å². The smallest absolute Gasteiger partial charge is 0.333 e. The number of ether oxygens (including phenoxy) is 1. The molecule has 0 aliphatic rings. The minimum absolute atomic E-state index is 0.0497. The molecule has 2 heterocycles. The number of aromatic nitrogens is 6. The molecular formula is C12H17N9O2. The van der Waals surface area contributed by atoms with E-state index in [0.717, 1.165) is 0 Å². The van der Waals surface area contributed by atoms with Crippen LogP contribution in [-0.2, 0) is 16.0 Å². The van der Waals surface area contributed by atoms with Gasteiger partial charge in [-0.15, -0.1) is 0 Å². The lowest BCUT2D eigenvalue weighted by atomic mass is 10.3. The summed E-state index contributed by atoms with van der Waals surface area (Å²) in [7, 11) is 0. The van der Waals surface area contributed by atoms with Gasteiger partial charge in [0.1, 0.15) is 18.5 Å². The zero-order chi connectivity index (χ0) is 17.2. The van der Waals surface area contributed by atoms with Gasteiger partial charge in [0.15, 0.2) is 0 Å². The first-order chi connectivity index (χ1) is 10.9. The zero-order valence-corrected chi connectivity index (χ0v) is 12.5. The van der Waals surface area contributed by atoms with Crippen molar-refractivity contribution in [1.29, 1.82) is 0 Å². The third-order valence-corrected chi connectivity index (χ3v) is 2.14. The molecule has 0 aromatic carbocycles. The summed E-state index contributed by atoms with van der Waals surface area (Å²) in [6.07, 6.45) is 3.03. The number of nitrogen functional groups attached to an aromatic ring is 3. The number of hydrogen-bond acceptors (Lipinski definition) is 11. The van der Waals surface area contributed by atoms with E-state index in [1.807, 2.05) is 0 Å². The molecule has 2 aromatic rings. The SMILES string of the molecule is C=C(C)C(=O)OCCc1nc(N)nc(N)n1.Nc1ncncn1. The quantitative estimate of drug-likeness (QED) is 0.471. The third-order valence-electron chi connectivity index (χ3n) is 2.14. The minimum atomic E-state index is -0.449. The molecule has 11 heteroatoms. The van der Waals surface area contributed by atoms with Crippen LogP contribution in [0.1, 0.15) is 12.7 Å². The Bertz CT molecular complexity index is 643. The monoisotopic (exact) mass is 319 g/mol. The molecule has 0 amide bonds. The lowest BCUT2D eigenvalue weighted by Gasteiger charge is -2.04. The van der Waals surface area contributed by atoms with Crippen molar-refractivity contribution in [2.75, 3.05) is 23.8 Å². The van der Waals surface area contributed by atoms with Gasteiger partial charge in [0.05, 0.1) is 6.61 Å². The van der Waals surface area contributed by atoms with Crippen LogP contribution < -0.4 is 17.2 Å². The average molecular weight is 319 g/mol. The molecule has 0 saturated heterocycles. The molecule has 122 valence electrons. The van der Waals surface area contributed by atoms with Crippen LogP contribution in [0.25, 0.3) is 0 Å². The lowest BCUT2D eigenvalue weighted by Crippen LogP contribution is -2.12. The molecule has 0 aliphatic carbocycles. The summed E-state index contributed by atoms with van der Waals surface area (Å²) in [5, 5.41) is 0. The largest absolute Gasteiger partial charge is 0.462 e. The summed E-state index contributed by atoms with van der Waals surface area (Å²) in [4.78, 5) is 32.9. The Balaban J connectivity index is 0.000000313. The van der Waals surface area contributed by atoms with Crippen molar-refractivity contribution >= 4 is 23.8 Å². The second-order valence-corrected chi connectivity index (χ2v) is 4.13. The van der Waals surface area contributed by atoms with Gasteiger partial charge in [-0.3, -0.25) is 0 Å². The number of anilines is 3. The first kappa shape index (κ1) is 17.7. The van der Waals surface area contributed by atoms with Crippen molar-refractivity contribution in [3.05, 3.63) is 30.6 Å². The topological polar surface area (TPSA) is 182 Å². The zero-order valence-electron chi connectivity index (χ0n) is 12.5. The van der Waals surface area contributed by atoms with Crippen molar-refractivity contribution in [2.24, 2.45) is 0 Å². The van der Waals surface area contributed by atoms with E-state index in [4.69, 9.17) is 21.9 Å². The van der Waals surface area contributed by atoms with Crippen LogP contribution in [0.2, 0.25) is 0 Å². The molecule has 0 bridgehead atoms. The minimum Gasteiger partial charge on any atom is -0.462 e. The average Bonchev–Trinajstić information content (AvgIpc) is 2.47. The van der Waals surface area contributed by atoms with Crippen molar-refractivity contribution in [1.82, 2.24) is 29.9 Å². The van der Waals surface area contributed by atoms with Gasteiger partial charge >= 0.3 is 5.97 Å². The second-order valence-electron chi connectivity index (χ2n) is 4.13. The number of carbonyl (C=O) groups is 1. The van der Waals surface area contributed by atoms with Crippen LogP contribution >= 0.6 is 0 Å². The Hall–Kier alpha value is -3.37. The van der Waals surface area contributed by atoms with E-state index < -0.39 is 5.97 Å². The van der Waals surface area contributed by atoms with Gasteiger partial charge in [-0.1, -0.05) is 6.58 Å². The van der Waals surface area contributed by atoms with Crippen LogP contribution in [0.3, 0.4) is 0 Å². The Kier molecular flexibility index (Phi) is 6.78. The van der Waals surface area contributed by atoms with Crippen LogP contribution in [0, 0.1) is 0 Å². The van der Waals surface area contributed by atoms with E-state index in [0.29, 0.717) is 17.8 Å². The van der Waals surface area contributed by atoms with Crippen LogP contribution in [0.5, 0.6) is 0 Å². The molecule has 0 fully saturated rings. The van der Waals surface area contributed by atoms with Gasteiger partial charge in [-0.25, -0.2) is 19.7 Å². The van der Waals surface area contributed by atoms with Gasteiger partial charge in [0.25, 0.3) is 0 Å². The Morgan fingerprint density at radius 1 is 1.09 bits per heavy atom. The predicted molar refractivity (Wildman–Crippen MR) is 82.4 cm³/mol. The van der Waals surface area contributed by atoms with E-state index >= 15 is 0 Å². The highest BCUT2D eigenvalue weighted by molar-refractivity contribution is 5.86. The molecule has 11 nitrogen and oxygen atoms in total. The van der Waals surface area contributed by atoms with Gasteiger partial charge in [-0.05, 0) is 6.92 Å². The Morgan fingerprint density at radius 3 is 2.09 bits per heavy atom. The predicted octanol–water partition coefficient (Wildman–Crippen LogP) is -0.848. The van der Waals surface area contributed by atoms with Gasteiger partial charge in [0.2, 0.25) is 17.8 Å². The highest BCUT2D eigenvalue weighted by Crippen LogP contribution is 2.00. The van der Waals surface area contributed by atoms with Crippen molar-refractivity contribution < 1.29 is 9.53 Å². The standard InChI is InChI=1S/C9H13N5O2.C3H4N4/c1-5(2)7(15)16-4-3-6-12-8(10)14-9(11)13-6;4-3-6-1-5-2-7-3/h1,3-4H2,2H3,(H4,10,11,12,13,14);1-2H,(H2,4,5,6,7). The second kappa shape index (κ2) is 8.81.